The monoisotopic (exact) mass is 367 g/mol. The van der Waals surface area contributed by atoms with Gasteiger partial charge in [-0.15, -0.1) is 0 Å². The highest BCUT2D eigenvalue weighted by Crippen LogP contribution is 2.24. The van der Waals surface area contributed by atoms with Crippen molar-refractivity contribution in [1.29, 1.82) is 0 Å². The van der Waals surface area contributed by atoms with Crippen molar-refractivity contribution in [1.82, 2.24) is 9.21 Å². The lowest BCUT2D eigenvalue weighted by atomic mass is 10.1. The van der Waals surface area contributed by atoms with Gasteiger partial charge in [-0.3, -0.25) is 4.79 Å². The third-order valence-electron chi connectivity index (χ3n) is 4.84. The Morgan fingerprint density at radius 1 is 1.16 bits per heavy atom. The molecule has 2 rings (SSSR count). The second kappa shape index (κ2) is 7.74. The zero-order chi connectivity index (χ0) is 18.8. The number of amides is 1. The van der Waals surface area contributed by atoms with E-state index in [-0.39, 0.29) is 18.5 Å². The molecule has 0 radical (unpaired) electrons. The van der Waals surface area contributed by atoms with Gasteiger partial charge in [0.05, 0.1) is 12.8 Å². The fourth-order valence-corrected chi connectivity index (χ4v) is 4.30. The summed E-state index contributed by atoms with van der Waals surface area (Å²) in [6, 6.07) is 6.05. The van der Waals surface area contributed by atoms with E-state index in [0.29, 0.717) is 13.1 Å². The number of anilines is 1. The minimum Gasteiger partial charge on any atom is -0.368 e. The molecule has 1 fully saturated rings. The van der Waals surface area contributed by atoms with Crippen LogP contribution in [0, 0.1) is 13.8 Å². The maximum atomic E-state index is 12.5. The maximum absolute atomic E-state index is 12.5. The lowest BCUT2D eigenvalue weighted by Crippen LogP contribution is -2.52. The van der Waals surface area contributed by atoms with Crippen LogP contribution in [0.2, 0.25) is 0 Å². The van der Waals surface area contributed by atoms with Crippen molar-refractivity contribution in [2.45, 2.75) is 33.7 Å². The first-order valence-corrected chi connectivity index (χ1v) is 10.5. The van der Waals surface area contributed by atoms with Gasteiger partial charge in [-0.2, -0.15) is 4.31 Å². The normalized spacial score (nSPS) is 16.0. The molecule has 1 aromatic rings. The molecular weight excluding hydrogens is 338 g/mol. The number of piperazine rings is 1. The summed E-state index contributed by atoms with van der Waals surface area (Å²) in [5.41, 5.74) is 3.74. The summed E-state index contributed by atoms with van der Waals surface area (Å²) in [7, 11) is -3.39. The van der Waals surface area contributed by atoms with E-state index in [4.69, 9.17) is 0 Å². The van der Waals surface area contributed by atoms with E-state index >= 15 is 0 Å². The Labute approximate surface area is 151 Å². The van der Waals surface area contributed by atoms with Crippen LogP contribution in [0.15, 0.2) is 18.2 Å². The Hall–Kier alpha value is -1.60. The molecule has 0 atom stereocenters. The van der Waals surface area contributed by atoms with Gasteiger partial charge in [0.25, 0.3) is 0 Å². The second-order valence-corrected chi connectivity index (χ2v) is 8.92. The van der Waals surface area contributed by atoms with E-state index in [1.165, 1.54) is 21.1 Å². The smallest absolute Gasteiger partial charge is 0.238 e. The molecular formula is C18H29N3O3S. The molecule has 0 aromatic heterocycles. The van der Waals surface area contributed by atoms with Crippen molar-refractivity contribution >= 4 is 21.6 Å². The summed E-state index contributed by atoms with van der Waals surface area (Å²) >= 11 is 0. The van der Waals surface area contributed by atoms with Crippen LogP contribution in [0.25, 0.3) is 0 Å². The molecule has 6 nitrogen and oxygen atoms in total. The molecule has 1 aliphatic heterocycles. The zero-order valence-electron chi connectivity index (χ0n) is 15.8. The van der Waals surface area contributed by atoms with Crippen LogP contribution < -0.4 is 4.90 Å². The molecule has 0 spiro atoms. The Morgan fingerprint density at radius 2 is 1.76 bits per heavy atom. The Morgan fingerprint density at radius 3 is 2.28 bits per heavy atom. The molecule has 1 amide bonds. The van der Waals surface area contributed by atoms with E-state index in [1.54, 1.807) is 18.7 Å². The first-order chi connectivity index (χ1) is 11.6. The maximum Gasteiger partial charge on any atom is 0.238 e. The number of rotatable bonds is 5. The summed E-state index contributed by atoms with van der Waals surface area (Å²) in [4.78, 5) is 16.6. The standard InChI is InChI=1S/C18H29N3O3S/c1-14(2)21(25(5,23)24)13-18(22)20-11-9-19(10-12-20)17-8-6-7-15(3)16(17)4/h6-8,14H,9-13H2,1-5H3. The minimum absolute atomic E-state index is 0.0834. The van der Waals surface area contributed by atoms with Gasteiger partial charge in [-0.25, -0.2) is 8.42 Å². The Bertz CT molecular complexity index is 723. The third kappa shape index (κ3) is 4.73. The van der Waals surface area contributed by atoms with Gasteiger partial charge in [0.1, 0.15) is 0 Å². The molecule has 1 aliphatic rings. The molecule has 1 heterocycles. The lowest BCUT2D eigenvalue weighted by molar-refractivity contribution is -0.131. The number of aryl methyl sites for hydroxylation is 1. The molecule has 0 aliphatic carbocycles. The molecule has 7 heteroatoms. The molecule has 25 heavy (non-hydrogen) atoms. The number of sulfonamides is 1. The summed E-state index contributed by atoms with van der Waals surface area (Å²) in [6.45, 7) is 10.5. The molecule has 0 unspecified atom stereocenters. The lowest BCUT2D eigenvalue weighted by Gasteiger charge is -2.38. The van der Waals surface area contributed by atoms with Gasteiger partial charge in [-0.05, 0) is 44.9 Å². The SMILES string of the molecule is Cc1cccc(N2CCN(C(=O)CN(C(C)C)S(C)(=O)=O)CC2)c1C. The number of carbonyl (C=O) groups is 1. The minimum atomic E-state index is -3.39. The largest absolute Gasteiger partial charge is 0.368 e. The number of hydrogen-bond acceptors (Lipinski definition) is 4. The van der Waals surface area contributed by atoms with Gasteiger partial charge in [0.15, 0.2) is 0 Å². The predicted molar refractivity (Wildman–Crippen MR) is 101 cm³/mol. The Kier molecular flexibility index (Phi) is 6.11. The highest BCUT2D eigenvalue weighted by atomic mass is 32.2. The van der Waals surface area contributed by atoms with E-state index < -0.39 is 10.0 Å². The van der Waals surface area contributed by atoms with Gasteiger partial charge in [0.2, 0.25) is 15.9 Å². The van der Waals surface area contributed by atoms with Gasteiger partial charge in [0, 0.05) is 37.9 Å². The third-order valence-corrected chi connectivity index (χ3v) is 6.24. The van der Waals surface area contributed by atoms with Crippen molar-refractivity contribution in [2.24, 2.45) is 0 Å². The molecule has 140 valence electrons. The summed E-state index contributed by atoms with van der Waals surface area (Å²) in [5, 5.41) is 0. The van der Waals surface area contributed by atoms with E-state index in [1.807, 2.05) is 0 Å². The highest BCUT2D eigenvalue weighted by Gasteiger charge is 2.28. The molecule has 0 saturated carbocycles. The van der Waals surface area contributed by atoms with Crippen LogP contribution in [0.4, 0.5) is 5.69 Å². The van der Waals surface area contributed by atoms with Gasteiger partial charge < -0.3 is 9.80 Å². The van der Waals surface area contributed by atoms with E-state index in [9.17, 15) is 13.2 Å². The highest BCUT2D eigenvalue weighted by molar-refractivity contribution is 7.88. The van der Waals surface area contributed by atoms with Gasteiger partial charge >= 0.3 is 0 Å². The van der Waals surface area contributed by atoms with Crippen molar-refractivity contribution in [2.75, 3.05) is 43.9 Å². The number of carbonyl (C=O) groups excluding carboxylic acids is 1. The molecule has 0 bridgehead atoms. The first-order valence-electron chi connectivity index (χ1n) is 8.67. The molecule has 1 saturated heterocycles. The average molecular weight is 368 g/mol. The first kappa shape index (κ1) is 19.7. The Balaban J connectivity index is 2.00. The van der Waals surface area contributed by atoms with Crippen molar-refractivity contribution in [3.05, 3.63) is 29.3 Å². The average Bonchev–Trinajstić information content (AvgIpc) is 2.54. The summed E-state index contributed by atoms with van der Waals surface area (Å²) in [6.07, 6.45) is 1.15. The number of nitrogens with zero attached hydrogens (tertiary/aromatic N) is 3. The van der Waals surface area contributed by atoms with Crippen LogP contribution in [-0.4, -0.2) is 68.6 Å². The fraction of sp³-hybridized carbons (Fsp3) is 0.611. The van der Waals surface area contributed by atoms with Crippen molar-refractivity contribution in [3.8, 4) is 0 Å². The van der Waals surface area contributed by atoms with Crippen LogP contribution in [0.3, 0.4) is 0 Å². The molecule has 0 N–H and O–H groups in total. The van der Waals surface area contributed by atoms with E-state index in [2.05, 4.69) is 36.9 Å². The molecule has 1 aromatic carbocycles. The van der Waals surface area contributed by atoms with Gasteiger partial charge in [-0.1, -0.05) is 12.1 Å². The summed E-state index contributed by atoms with van der Waals surface area (Å²) < 4.78 is 24.9. The van der Waals surface area contributed by atoms with Crippen LogP contribution >= 0.6 is 0 Å². The predicted octanol–water partition coefficient (Wildman–Crippen LogP) is 1.62. The van der Waals surface area contributed by atoms with Crippen molar-refractivity contribution < 1.29 is 13.2 Å². The summed E-state index contributed by atoms with van der Waals surface area (Å²) in [5.74, 6) is -0.125. The quantitative estimate of drug-likeness (QED) is 0.793. The fourth-order valence-electron chi connectivity index (χ4n) is 3.19. The van der Waals surface area contributed by atoms with E-state index in [0.717, 1.165) is 19.3 Å². The van der Waals surface area contributed by atoms with Crippen molar-refractivity contribution in [3.63, 3.8) is 0 Å². The van der Waals surface area contributed by atoms with Crippen LogP contribution in [-0.2, 0) is 14.8 Å². The van der Waals surface area contributed by atoms with Crippen LogP contribution in [0.5, 0.6) is 0 Å². The topological polar surface area (TPSA) is 60.9 Å². The zero-order valence-corrected chi connectivity index (χ0v) is 16.6. The number of hydrogen-bond donors (Lipinski definition) is 0. The number of benzene rings is 1. The second-order valence-electron chi connectivity index (χ2n) is 6.99. The van der Waals surface area contributed by atoms with Crippen LogP contribution in [0.1, 0.15) is 25.0 Å².